The second-order valence-electron chi connectivity index (χ2n) is 4.19. The molecule has 0 bridgehead atoms. The van der Waals surface area contributed by atoms with Gasteiger partial charge in [-0.2, -0.15) is 0 Å². The van der Waals surface area contributed by atoms with Crippen molar-refractivity contribution in [2.24, 2.45) is 0 Å². The zero-order chi connectivity index (χ0) is 8.39. The van der Waals surface area contributed by atoms with Gasteiger partial charge in [0.15, 0.2) is 0 Å². The van der Waals surface area contributed by atoms with Gasteiger partial charge in [-0.25, -0.2) is 0 Å². The van der Waals surface area contributed by atoms with Crippen LogP contribution in [0.4, 0.5) is 0 Å². The number of likely N-dealkylation sites (tertiary alicyclic amines) is 1. The predicted molar refractivity (Wildman–Crippen MR) is 51.0 cm³/mol. The minimum Gasteiger partial charge on any atom is -0.302 e. The van der Waals surface area contributed by atoms with E-state index in [2.05, 4.69) is 17.1 Å². The van der Waals surface area contributed by atoms with Crippen LogP contribution in [-0.4, -0.2) is 30.2 Å². The molecule has 0 radical (unpaired) electrons. The fourth-order valence-electron chi connectivity index (χ4n) is 2.54. The summed E-state index contributed by atoms with van der Waals surface area (Å²) < 4.78 is 0. The summed E-state index contributed by atoms with van der Waals surface area (Å²) in [7, 11) is 0. The van der Waals surface area contributed by atoms with Gasteiger partial charge in [-0.1, -0.05) is 0 Å². The van der Waals surface area contributed by atoms with Crippen LogP contribution >= 0.6 is 0 Å². The van der Waals surface area contributed by atoms with E-state index in [1.165, 1.54) is 45.2 Å². The van der Waals surface area contributed by atoms with Crippen LogP contribution in [0.15, 0.2) is 0 Å². The molecule has 2 aliphatic heterocycles. The van der Waals surface area contributed by atoms with E-state index in [0.717, 1.165) is 6.04 Å². The Hall–Kier alpha value is -0.0800. The summed E-state index contributed by atoms with van der Waals surface area (Å²) in [5.41, 5.74) is 0. The molecule has 2 aliphatic rings. The fraction of sp³-hybridized carbons (Fsp3) is 1.00. The van der Waals surface area contributed by atoms with E-state index in [-0.39, 0.29) is 0 Å². The first kappa shape index (κ1) is 8.52. The molecule has 2 heteroatoms. The molecule has 2 saturated heterocycles. The lowest BCUT2D eigenvalue weighted by Crippen LogP contribution is -2.49. The maximum atomic E-state index is 3.62. The average Bonchev–Trinajstić information content (AvgIpc) is 2.53. The Morgan fingerprint density at radius 3 is 2.67 bits per heavy atom. The summed E-state index contributed by atoms with van der Waals surface area (Å²) in [5, 5.41) is 3.62. The van der Waals surface area contributed by atoms with Gasteiger partial charge < -0.3 is 5.32 Å². The lowest BCUT2D eigenvalue weighted by atomic mass is 10.1. The maximum Gasteiger partial charge on any atom is 0.0599 e. The van der Waals surface area contributed by atoms with Gasteiger partial charge in [-0.05, 0) is 52.1 Å². The van der Waals surface area contributed by atoms with Crippen LogP contribution in [0.1, 0.15) is 39.0 Å². The smallest absolute Gasteiger partial charge is 0.0599 e. The van der Waals surface area contributed by atoms with Gasteiger partial charge in [0.1, 0.15) is 0 Å². The average molecular weight is 168 g/mol. The normalized spacial score (nSPS) is 38.8. The summed E-state index contributed by atoms with van der Waals surface area (Å²) in [4.78, 5) is 2.65. The Morgan fingerprint density at radius 1 is 1.17 bits per heavy atom. The number of hydrogen-bond donors (Lipinski definition) is 1. The minimum absolute atomic E-state index is 0.705. The fourth-order valence-corrected chi connectivity index (χ4v) is 2.54. The summed E-state index contributed by atoms with van der Waals surface area (Å²) in [6.07, 6.45) is 7.66. The second-order valence-corrected chi connectivity index (χ2v) is 4.19. The van der Waals surface area contributed by atoms with Crippen molar-refractivity contribution in [2.45, 2.75) is 51.2 Å². The molecule has 0 aromatic carbocycles. The van der Waals surface area contributed by atoms with Crippen molar-refractivity contribution < 1.29 is 0 Å². The van der Waals surface area contributed by atoms with Crippen molar-refractivity contribution in [2.75, 3.05) is 13.1 Å². The van der Waals surface area contributed by atoms with Crippen LogP contribution in [0, 0.1) is 0 Å². The van der Waals surface area contributed by atoms with E-state index in [0.29, 0.717) is 6.17 Å². The van der Waals surface area contributed by atoms with E-state index >= 15 is 0 Å². The van der Waals surface area contributed by atoms with Crippen LogP contribution in [0.3, 0.4) is 0 Å². The third kappa shape index (κ3) is 1.64. The number of nitrogens with zero attached hydrogens (tertiary/aromatic N) is 1. The molecule has 2 rings (SSSR count). The molecule has 0 spiro atoms. The zero-order valence-corrected chi connectivity index (χ0v) is 8.05. The highest BCUT2D eigenvalue weighted by Gasteiger charge is 2.27. The van der Waals surface area contributed by atoms with Crippen molar-refractivity contribution in [3.63, 3.8) is 0 Å². The molecule has 0 aromatic heterocycles. The molecular weight excluding hydrogens is 148 g/mol. The molecule has 0 aromatic rings. The van der Waals surface area contributed by atoms with Crippen molar-refractivity contribution in [1.29, 1.82) is 0 Å². The van der Waals surface area contributed by atoms with Gasteiger partial charge >= 0.3 is 0 Å². The Morgan fingerprint density at radius 2 is 2.08 bits per heavy atom. The van der Waals surface area contributed by atoms with E-state index in [9.17, 15) is 0 Å². The Balaban J connectivity index is 1.89. The van der Waals surface area contributed by atoms with Gasteiger partial charge in [0.2, 0.25) is 0 Å². The van der Waals surface area contributed by atoms with Crippen molar-refractivity contribution >= 4 is 0 Å². The van der Waals surface area contributed by atoms with Gasteiger partial charge in [-0.3, -0.25) is 4.90 Å². The van der Waals surface area contributed by atoms with Crippen LogP contribution in [0.5, 0.6) is 0 Å². The predicted octanol–water partition coefficient (Wildman–Crippen LogP) is 1.57. The summed E-state index contributed by atoms with van der Waals surface area (Å²) >= 11 is 0. The molecule has 1 N–H and O–H groups in total. The van der Waals surface area contributed by atoms with Crippen molar-refractivity contribution in [3.05, 3.63) is 0 Å². The van der Waals surface area contributed by atoms with Crippen molar-refractivity contribution in [1.82, 2.24) is 10.2 Å². The zero-order valence-electron chi connectivity index (χ0n) is 8.05. The third-order valence-corrected chi connectivity index (χ3v) is 3.29. The van der Waals surface area contributed by atoms with Crippen LogP contribution < -0.4 is 5.32 Å². The second kappa shape index (κ2) is 3.75. The lowest BCUT2D eigenvalue weighted by Gasteiger charge is -2.34. The molecule has 70 valence electrons. The number of nitrogens with one attached hydrogen (secondary N) is 1. The summed E-state index contributed by atoms with van der Waals surface area (Å²) in [6, 6.07) is 0.820. The third-order valence-electron chi connectivity index (χ3n) is 3.29. The van der Waals surface area contributed by atoms with Gasteiger partial charge in [0.25, 0.3) is 0 Å². The minimum atomic E-state index is 0.705. The maximum absolute atomic E-state index is 3.62. The Bertz CT molecular complexity index is 141. The van der Waals surface area contributed by atoms with E-state index in [1.54, 1.807) is 0 Å². The van der Waals surface area contributed by atoms with Crippen molar-refractivity contribution in [3.8, 4) is 0 Å². The van der Waals surface area contributed by atoms with Crippen LogP contribution in [-0.2, 0) is 0 Å². The number of rotatable bonds is 1. The molecule has 2 atom stereocenters. The first-order chi connectivity index (χ1) is 5.88. The molecule has 2 heterocycles. The molecule has 0 aliphatic carbocycles. The van der Waals surface area contributed by atoms with Gasteiger partial charge in [0.05, 0.1) is 6.17 Å². The van der Waals surface area contributed by atoms with Gasteiger partial charge in [-0.15, -0.1) is 0 Å². The largest absolute Gasteiger partial charge is 0.302 e. The SMILES string of the molecule is CC1CCCN1[C@H]1CCCCN1. The molecule has 0 amide bonds. The number of hydrogen-bond acceptors (Lipinski definition) is 2. The first-order valence-corrected chi connectivity index (χ1v) is 5.37. The van der Waals surface area contributed by atoms with E-state index in [4.69, 9.17) is 0 Å². The number of piperidine rings is 1. The molecule has 12 heavy (non-hydrogen) atoms. The topological polar surface area (TPSA) is 15.3 Å². The molecular formula is C10H20N2. The molecule has 2 fully saturated rings. The van der Waals surface area contributed by atoms with E-state index < -0.39 is 0 Å². The summed E-state index contributed by atoms with van der Waals surface area (Å²) in [6.45, 7) is 4.91. The Kier molecular flexibility index (Phi) is 2.66. The highest BCUT2D eigenvalue weighted by molar-refractivity contribution is 4.82. The highest BCUT2D eigenvalue weighted by Crippen LogP contribution is 2.22. The van der Waals surface area contributed by atoms with Crippen LogP contribution in [0.25, 0.3) is 0 Å². The highest BCUT2D eigenvalue weighted by atomic mass is 15.3. The van der Waals surface area contributed by atoms with Gasteiger partial charge in [0, 0.05) is 6.04 Å². The van der Waals surface area contributed by atoms with E-state index in [1.807, 2.05) is 0 Å². The summed E-state index contributed by atoms with van der Waals surface area (Å²) in [5.74, 6) is 0. The quantitative estimate of drug-likeness (QED) is 0.639. The molecule has 0 saturated carbocycles. The molecule has 2 nitrogen and oxygen atoms in total. The standard InChI is InChI=1S/C10H20N2/c1-9-5-4-8-12(9)10-6-2-3-7-11-10/h9-11H,2-8H2,1H3/t9?,10-/m0/s1. The van der Waals surface area contributed by atoms with Crippen LogP contribution in [0.2, 0.25) is 0 Å². The monoisotopic (exact) mass is 168 g/mol. The Labute approximate surface area is 75.3 Å². The first-order valence-electron chi connectivity index (χ1n) is 5.37. The lowest BCUT2D eigenvalue weighted by molar-refractivity contribution is 0.132. The molecule has 1 unspecified atom stereocenters.